The second-order valence-electron chi connectivity index (χ2n) is 7.05. The number of aromatic nitrogens is 1. The molecule has 27 heavy (non-hydrogen) atoms. The first kappa shape index (κ1) is 18.0. The van der Waals surface area contributed by atoms with Gasteiger partial charge in [0.05, 0.1) is 28.1 Å². The Labute approximate surface area is 163 Å². The zero-order valence-corrected chi connectivity index (χ0v) is 16.8. The van der Waals surface area contributed by atoms with Crippen LogP contribution in [0.3, 0.4) is 0 Å². The number of rotatable bonds is 4. The largest absolute Gasteiger partial charge is 0.492 e. The monoisotopic (exact) mass is 380 g/mol. The van der Waals surface area contributed by atoms with Crippen LogP contribution >= 0.6 is 11.3 Å². The van der Waals surface area contributed by atoms with E-state index >= 15 is 0 Å². The van der Waals surface area contributed by atoms with Gasteiger partial charge in [0.1, 0.15) is 10.8 Å². The van der Waals surface area contributed by atoms with Gasteiger partial charge in [-0.05, 0) is 50.5 Å². The van der Waals surface area contributed by atoms with Gasteiger partial charge in [-0.3, -0.25) is 4.79 Å². The number of hydrogen-bond donors (Lipinski definition) is 0. The summed E-state index contributed by atoms with van der Waals surface area (Å²) >= 11 is 1.68. The smallest absolute Gasteiger partial charge is 0.224 e. The highest BCUT2D eigenvalue weighted by molar-refractivity contribution is 7.21. The molecule has 0 unspecified atom stereocenters. The number of carbonyl (C=O) groups excluding carboxylic acids is 1. The predicted octanol–water partition coefficient (Wildman–Crippen LogP) is 5.44. The van der Waals surface area contributed by atoms with Gasteiger partial charge >= 0.3 is 0 Å². The maximum absolute atomic E-state index is 12.2. The summed E-state index contributed by atoms with van der Waals surface area (Å²) in [4.78, 5) is 19.0. The molecule has 0 saturated carbocycles. The summed E-state index contributed by atoms with van der Waals surface area (Å²) < 4.78 is 7.40. The van der Waals surface area contributed by atoms with Crippen molar-refractivity contribution in [3.05, 3.63) is 42.0 Å². The zero-order valence-electron chi connectivity index (χ0n) is 16.0. The molecule has 2 aromatic carbocycles. The molecule has 1 aliphatic rings. The average molecular weight is 381 g/mol. The minimum absolute atomic E-state index is 0.0811. The highest BCUT2D eigenvalue weighted by atomic mass is 32.1. The molecule has 140 valence electrons. The van der Waals surface area contributed by atoms with E-state index in [0.29, 0.717) is 6.61 Å². The number of hydrogen-bond acceptors (Lipinski definition) is 4. The van der Waals surface area contributed by atoms with E-state index in [0.717, 1.165) is 52.4 Å². The molecule has 0 aliphatic carbocycles. The van der Waals surface area contributed by atoms with Crippen LogP contribution in [-0.2, 0) is 11.2 Å². The number of para-hydroxylation sites is 1. The van der Waals surface area contributed by atoms with Crippen LogP contribution in [0.4, 0.5) is 5.69 Å². The third-order valence-corrected chi connectivity index (χ3v) is 6.13. The molecule has 0 spiro atoms. The number of amides is 1. The van der Waals surface area contributed by atoms with Gasteiger partial charge in [-0.25, -0.2) is 4.98 Å². The normalized spacial score (nSPS) is 16.4. The molecule has 0 radical (unpaired) electrons. The van der Waals surface area contributed by atoms with Crippen molar-refractivity contribution < 1.29 is 9.53 Å². The molecule has 0 bridgehead atoms. The molecule has 3 aromatic rings. The fourth-order valence-corrected chi connectivity index (χ4v) is 4.80. The Morgan fingerprint density at radius 3 is 2.85 bits per heavy atom. The van der Waals surface area contributed by atoms with Gasteiger partial charge in [0.2, 0.25) is 5.91 Å². The summed E-state index contributed by atoms with van der Waals surface area (Å²) in [5.74, 6) is 0.976. The molecule has 4 rings (SSSR count). The van der Waals surface area contributed by atoms with Crippen molar-refractivity contribution in [2.75, 3.05) is 11.5 Å². The molecule has 2 heterocycles. The maximum Gasteiger partial charge on any atom is 0.224 e. The Balaban J connectivity index is 1.88. The quantitative estimate of drug-likeness (QED) is 0.605. The lowest BCUT2D eigenvalue weighted by molar-refractivity contribution is -0.117. The van der Waals surface area contributed by atoms with Gasteiger partial charge in [0.15, 0.2) is 0 Å². The van der Waals surface area contributed by atoms with E-state index < -0.39 is 0 Å². The summed E-state index contributed by atoms with van der Waals surface area (Å²) in [5.41, 5.74) is 4.16. The summed E-state index contributed by atoms with van der Waals surface area (Å²) in [6.45, 7) is 6.51. The molecule has 1 amide bonds. The van der Waals surface area contributed by atoms with Crippen LogP contribution in [0, 0.1) is 0 Å². The molecular formula is C22H24N2O2S. The molecule has 1 atom stereocenters. The first-order valence-corrected chi connectivity index (χ1v) is 10.4. The molecule has 0 saturated heterocycles. The first-order valence-electron chi connectivity index (χ1n) is 9.54. The third-order valence-electron chi connectivity index (χ3n) is 5.06. The number of nitrogens with zero attached hydrogens (tertiary/aromatic N) is 2. The van der Waals surface area contributed by atoms with Crippen LogP contribution in [0.5, 0.6) is 5.75 Å². The number of fused-ring (bicyclic) bond motifs is 2. The van der Waals surface area contributed by atoms with E-state index in [2.05, 4.69) is 32.0 Å². The summed E-state index contributed by atoms with van der Waals surface area (Å²) in [6, 6.07) is 12.5. The number of benzene rings is 2. The Kier molecular flexibility index (Phi) is 4.87. The van der Waals surface area contributed by atoms with Crippen molar-refractivity contribution in [3.8, 4) is 16.3 Å². The lowest BCUT2D eigenvalue weighted by atomic mass is 9.93. The highest BCUT2D eigenvalue weighted by Crippen LogP contribution is 2.44. The molecule has 0 fully saturated rings. The lowest BCUT2D eigenvalue weighted by Crippen LogP contribution is -2.40. The van der Waals surface area contributed by atoms with E-state index in [4.69, 9.17) is 9.72 Å². The Morgan fingerprint density at radius 1 is 1.30 bits per heavy atom. The van der Waals surface area contributed by atoms with Crippen molar-refractivity contribution in [3.63, 3.8) is 0 Å². The summed E-state index contributed by atoms with van der Waals surface area (Å²) in [5, 5.41) is 0.970. The van der Waals surface area contributed by atoms with Crippen LogP contribution < -0.4 is 9.64 Å². The minimum atomic E-state index is 0.0811. The minimum Gasteiger partial charge on any atom is -0.492 e. The van der Waals surface area contributed by atoms with Gasteiger partial charge in [-0.1, -0.05) is 19.1 Å². The topological polar surface area (TPSA) is 42.4 Å². The SMILES string of the molecule is CCCOc1c(-c2nc3ccccc3s2)ccc2c1CC[C@H](C)N2C(C)=O. The van der Waals surface area contributed by atoms with Gasteiger partial charge in [-0.15, -0.1) is 11.3 Å². The van der Waals surface area contributed by atoms with Crippen LogP contribution in [-0.4, -0.2) is 23.5 Å². The summed E-state index contributed by atoms with van der Waals surface area (Å²) in [7, 11) is 0. The van der Waals surface area contributed by atoms with E-state index in [1.165, 1.54) is 4.70 Å². The van der Waals surface area contributed by atoms with E-state index in [1.807, 2.05) is 23.1 Å². The molecule has 4 nitrogen and oxygen atoms in total. The Bertz CT molecular complexity index is 962. The second kappa shape index (κ2) is 7.31. The Morgan fingerprint density at radius 2 is 2.11 bits per heavy atom. The summed E-state index contributed by atoms with van der Waals surface area (Å²) in [6.07, 6.45) is 2.80. The number of carbonyl (C=O) groups is 1. The van der Waals surface area contributed by atoms with E-state index in [1.54, 1.807) is 18.3 Å². The molecule has 5 heteroatoms. The molecule has 0 N–H and O–H groups in total. The van der Waals surface area contributed by atoms with Gasteiger partial charge < -0.3 is 9.64 Å². The van der Waals surface area contributed by atoms with Gasteiger partial charge in [-0.2, -0.15) is 0 Å². The third kappa shape index (κ3) is 3.21. The number of anilines is 1. The van der Waals surface area contributed by atoms with Crippen LogP contribution in [0.1, 0.15) is 39.2 Å². The highest BCUT2D eigenvalue weighted by Gasteiger charge is 2.30. The fourth-order valence-electron chi connectivity index (χ4n) is 3.81. The van der Waals surface area contributed by atoms with Gasteiger partial charge in [0, 0.05) is 18.5 Å². The van der Waals surface area contributed by atoms with Crippen molar-refractivity contribution in [2.24, 2.45) is 0 Å². The van der Waals surface area contributed by atoms with E-state index in [-0.39, 0.29) is 11.9 Å². The van der Waals surface area contributed by atoms with Crippen molar-refractivity contribution in [1.82, 2.24) is 4.98 Å². The predicted molar refractivity (Wildman–Crippen MR) is 112 cm³/mol. The molecule has 1 aromatic heterocycles. The fraction of sp³-hybridized carbons (Fsp3) is 0.364. The van der Waals surface area contributed by atoms with Crippen molar-refractivity contribution in [1.29, 1.82) is 0 Å². The number of ether oxygens (including phenoxy) is 1. The molecule has 1 aliphatic heterocycles. The first-order chi connectivity index (χ1) is 13.1. The van der Waals surface area contributed by atoms with Gasteiger partial charge in [0.25, 0.3) is 0 Å². The van der Waals surface area contributed by atoms with Crippen LogP contribution in [0.25, 0.3) is 20.8 Å². The average Bonchev–Trinajstić information content (AvgIpc) is 3.09. The Hall–Kier alpha value is -2.40. The number of thiazole rings is 1. The lowest BCUT2D eigenvalue weighted by Gasteiger charge is -2.35. The maximum atomic E-state index is 12.2. The van der Waals surface area contributed by atoms with Crippen molar-refractivity contribution >= 4 is 33.1 Å². The van der Waals surface area contributed by atoms with Crippen LogP contribution in [0.15, 0.2) is 36.4 Å². The standard InChI is InChI=1S/C22H24N2O2S/c1-4-13-26-21-16-10-9-14(2)24(15(3)25)19(16)12-11-17(21)22-23-18-7-5-6-8-20(18)27-22/h5-8,11-12,14H,4,9-10,13H2,1-3H3/t14-/m0/s1. The van der Waals surface area contributed by atoms with Crippen LogP contribution in [0.2, 0.25) is 0 Å². The van der Waals surface area contributed by atoms with Crippen molar-refractivity contribution in [2.45, 2.75) is 46.1 Å². The molecular weight excluding hydrogens is 356 g/mol. The zero-order chi connectivity index (χ0) is 19.0. The second-order valence-corrected chi connectivity index (χ2v) is 8.08. The van der Waals surface area contributed by atoms with E-state index in [9.17, 15) is 4.79 Å².